The van der Waals surface area contributed by atoms with Gasteiger partial charge in [0.2, 0.25) is 0 Å². The molecule has 0 aliphatic heterocycles. The number of ether oxygens (including phenoxy) is 2. The molecule has 0 amide bonds. The summed E-state index contributed by atoms with van der Waals surface area (Å²) in [6, 6.07) is 6.34. The van der Waals surface area contributed by atoms with Gasteiger partial charge < -0.3 is 14.8 Å². The molecule has 0 atom stereocenters. The lowest BCUT2D eigenvalue weighted by atomic mass is 10.1. The fraction of sp³-hybridized carbons (Fsp3) is 0.556. The van der Waals surface area contributed by atoms with Crippen molar-refractivity contribution < 1.29 is 9.47 Å². The van der Waals surface area contributed by atoms with Crippen LogP contribution in [0.2, 0.25) is 0 Å². The lowest BCUT2D eigenvalue weighted by molar-refractivity contribution is 0.194. The Balaban J connectivity index is 2.16. The van der Waals surface area contributed by atoms with Crippen molar-refractivity contribution in [2.75, 3.05) is 33.4 Å². The predicted octanol–water partition coefficient (Wildman–Crippen LogP) is 3.51. The number of unbranched alkanes of at least 4 members (excludes halogenated alkanes) is 1. The minimum atomic E-state index is 0.771. The van der Waals surface area contributed by atoms with Crippen LogP contribution in [-0.2, 0) is 11.2 Å². The van der Waals surface area contributed by atoms with Crippen molar-refractivity contribution in [2.45, 2.75) is 32.6 Å². The molecule has 0 aliphatic rings. The van der Waals surface area contributed by atoms with E-state index in [1.165, 1.54) is 11.1 Å². The molecule has 0 saturated heterocycles. The molecule has 21 heavy (non-hydrogen) atoms. The zero-order valence-corrected chi connectivity index (χ0v) is 13.5. The van der Waals surface area contributed by atoms with E-state index >= 15 is 0 Å². The van der Waals surface area contributed by atoms with Gasteiger partial charge in [0.05, 0.1) is 6.61 Å². The van der Waals surface area contributed by atoms with Crippen LogP contribution in [0.1, 0.15) is 30.4 Å². The van der Waals surface area contributed by atoms with Crippen LogP contribution in [0.25, 0.3) is 0 Å². The SMILES string of the molecule is C=CCc1cc(C)ccc1OCCCCNCCCOC. The summed E-state index contributed by atoms with van der Waals surface area (Å²) in [5.74, 6) is 0.994. The number of hydrogen-bond acceptors (Lipinski definition) is 3. The fourth-order valence-electron chi connectivity index (χ4n) is 2.16. The number of rotatable bonds is 12. The summed E-state index contributed by atoms with van der Waals surface area (Å²) >= 11 is 0. The summed E-state index contributed by atoms with van der Waals surface area (Å²) in [5.41, 5.74) is 2.49. The molecule has 0 radical (unpaired) electrons. The van der Waals surface area contributed by atoms with Crippen LogP contribution in [0.3, 0.4) is 0 Å². The third-order valence-corrected chi connectivity index (χ3v) is 3.29. The summed E-state index contributed by atoms with van der Waals surface area (Å²) in [7, 11) is 1.74. The summed E-state index contributed by atoms with van der Waals surface area (Å²) in [6.07, 6.45) is 6.05. The Morgan fingerprint density at radius 2 is 1.95 bits per heavy atom. The number of hydrogen-bond donors (Lipinski definition) is 1. The Morgan fingerprint density at radius 1 is 1.14 bits per heavy atom. The number of aryl methyl sites for hydroxylation is 1. The van der Waals surface area contributed by atoms with Gasteiger partial charge in [-0.2, -0.15) is 0 Å². The Hall–Kier alpha value is -1.32. The molecule has 1 aromatic rings. The minimum absolute atomic E-state index is 0.771. The molecule has 1 aromatic carbocycles. The van der Waals surface area contributed by atoms with E-state index in [0.29, 0.717) is 0 Å². The van der Waals surface area contributed by atoms with E-state index < -0.39 is 0 Å². The van der Waals surface area contributed by atoms with E-state index in [2.05, 4.69) is 37.0 Å². The standard InChI is InChI=1S/C18H29NO2/c1-4-8-17-15-16(2)9-10-18(17)21-14-6-5-11-19-12-7-13-20-3/h4,9-10,15,19H,1,5-8,11-14H2,2-3H3. The summed E-state index contributed by atoms with van der Waals surface area (Å²) in [6.45, 7) is 9.57. The Labute approximate surface area is 129 Å². The molecule has 0 fully saturated rings. The van der Waals surface area contributed by atoms with Crippen LogP contribution in [-0.4, -0.2) is 33.4 Å². The molecule has 1 N–H and O–H groups in total. The van der Waals surface area contributed by atoms with Crippen molar-refractivity contribution in [2.24, 2.45) is 0 Å². The first kappa shape index (κ1) is 17.7. The highest BCUT2D eigenvalue weighted by Crippen LogP contribution is 2.21. The Bertz CT molecular complexity index is 404. The Kier molecular flexibility index (Phi) is 9.58. The molecule has 0 aromatic heterocycles. The Morgan fingerprint density at radius 3 is 2.71 bits per heavy atom. The lowest BCUT2D eigenvalue weighted by Crippen LogP contribution is -2.18. The smallest absolute Gasteiger partial charge is 0.122 e. The number of allylic oxidation sites excluding steroid dienone is 1. The van der Waals surface area contributed by atoms with Gasteiger partial charge in [0.25, 0.3) is 0 Å². The number of methoxy groups -OCH3 is 1. The number of benzene rings is 1. The second-order valence-electron chi connectivity index (χ2n) is 5.26. The van der Waals surface area contributed by atoms with Gasteiger partial charge in [0, 0.05) is 13.7 Å². The fourth-order valence-corrected chi connectivity index (χ4v) is 2.16. The maximum atomic E-state index is 5.89. The van der Waals surface area contributed by atoms with Crippen LogP contribution >= 0.6 is 0 Å². The highest BCUT2D eigenvalue weighted by molar-refractivity contribution is 5.38. The van der Waals surface area contributed by atoms with Crippen molar-refractivity contribution in [1.29, 1.82) is 0 Å². The quantitative estimate of drug-likeness (QED) is 0.472. The lowest BCUT2D eigenvalue weighted by Gasteiger charge is -2.11. The summed E-state index contributed by atoms with van der Waals surface area (Å²) in [5, 5.41) is 3.41. The van der Waals surface area contributed by atoms with Gasteiger partial charge in [-0.3, -0.25) is 0 Å². The first-order chi connectivity index (χ1) is 10.3. The summed E-state index contributed by atoms with van der Waals surface area (Å²) in [4.78, 5) is 0. The van der Waals surface area contributed by atoms with E-state index in [4.69, 9.17) is 9.47 Å². The minimum Gasteiger partial charge on any atom is -0.493 e. The maximum Gasteiger partial charge on any atom is 0.122 e. The van der Waals surface area contributed by atoms with E-state index in [9.17, 15) is 0 Å². The average Bonchev–Trinajstić information content (AvgIpc) is 2.48. The van der Waals surface area contributed by atoms with Crippen LogP contribution in [0.5, 0.6) is 5.75 Å². The predicted molar refractivity (Wildman–Crippen MR) is 89.2 cm³/mol. The normalized spacial score (nSPS) is 10.6. The second kappa shape index (κ2) is 11.4. The number of nitrogens with one attached hydrogen (secondary N) is 1. The van der Waals surface area contributed by atoms with Gasteiger partial charge in [-0.15, -0.1) is 6.58 Å². The van der Waals surface area contributed by atoms with Crippen molar-refractivity contribution >= 4 is 0 Å². The van der Waals surface area contributed by atoms with E-state index in [1.54, 1.807) is 7.11 Å². The van der Waals surface area contributed by atoms with E-state index in [1.807, 2.05) is 6.08 Å². The van der Waals surface area contributed by atoms with Gasteiger partial charge in [-0.1, -0.05) is 23.8 Å². The van der Waals surface area contributed by atoms with Crippen molar-refractivity contribution in [1.82, 2.24) is 5.32 Å². The van der Waals surface area contributed by atoms with Crippen molar-refractivity contribution in [3.05, 3.63) is 42.0 Å². The molecule has 0 saturated carbocycles. The molecule has 3 nitrogen and oxygen atoms in total. The molecule has 0 aliphatic carbocycles. The molecule has 3 heteroatoms. The summed E-state index contributed by atoms with van der Waals surface area (Å²) < 4.78 is 10.9. The van der Waals surface area contributed by atoms with E-state index in [-0.39, 0.29) is 0 Å². The molecule has 118 valence electrons. The third-order valence-electron chi connectivity index (χ3n) is 3.29. The van der Waals surface area contributed by atoms with Crippen LogP contribution in [0.4, 0.5) is 0 Å². The molecule has 0 heterocycles. The van der Waals surface area contributed by atoms with Gasteiger partial charge in [0.1, 0.15) is 5.75 Å². The van der Waals surface area contributed by atoms with Crippen LogP contribution < -0.4 is 10.1 Å². The largest absolute Gasteiger partial charge is 0.493 e. The van der Waals surface area contributed by atoms with E-state index in [0.717, 1.165) is 57.7 Å². The molecule has 0 unspecified atom stereocenters. The molecular formula is C18H29NO2. The molecular weight excluding hydrogens is 262 g/mol. The second-order valence-corrected chi connectivity index (χ2v) is 5.26. The monoisotopic (exact) mass is 291 g/mol. The topological polar surface area (TPSA) is 30.5 Å². The average molecular weight is 291 g/mol. The molecule has 1 rings (SSSR count). The first-order valence-corrected chi connectivity index (χ1v) is 7.80. The van der Waals surface area contributed by atoms with Crippen LogP contribution in [0.15, 0.2) is 30.9 Å². The van der Waals surface area contributed by atoms with Gasteiger partial charge in [-0.25, -0.2) is 0 Å². The van der Waals surface area contributed by atoms with Crippen molar-refractivity contribution in [3.63, 3.8) is 0 Å². The van der Waals surface area contributed by atoms with Gasteiger partial charge in [-0.05, 0) is 57.3 Å². The highest BCUT2D eigenvalue weighted by atomic mass is 16.5. The third kappa shape index (κ3) is 7.88. The highest BCUT2D eigenvalue weighted by Gasteiger charge is 2.02. The van der Waals surface area contributed by atoms with Gasteiger partial charge >= 0.3 is 0 Å². The molecule has 0 spiro atoms. The first-order valence-electron chi connectivity index (χ1n) is 7.80. The van der Waals surface area contributed by atoms with Gasteiger partial charge in [0.15, 0.2) is 0 Å². The van der Waals surface area contributed by atoms with Crippen LogP contribution in [0, 0.1) is 6.92 Å². The zero-order valence-electron chi connectivity index (χ0n) is 13.5. The zero-order chi connectivity index (χ0) is 15.3. The molecule has 0 bridgehead atoms. The maximum absolute atomic E-state index is 5.89. The van der Waals surface area contributed by atoms with Crippen molar-refractivity contribution in [3.8, 4) is 5.75 Å².